The Kier molecular flexibility index (Phi) is 4.17. The Hall–Kier alpha value is -2.17. The topological polar surface area (TPSA) is 79.3 Å². The summed E-state index contributed by atoms with van der Waals surface area (Å²) in [5.41, 5.74) is 1.82. The largest absolute Gasteiger partial charge is 0.481 e. The van der Waals surface area contributed by atoms with Crippen molar-refractivity contribution in [2.24, 2.45) is 11.8 Å². The number of carboxylic acid groups (broad SMARTS) is 1. The van der Waals surface area contributed by atoms with Gasteiger partial charge in [-0.25, -0.2) is 4.98 Å². The van der Waals surface area contributed by atoms with Crippen molar-refractivity contribution in [2.75, 3.05) is 5.32 Å². The Bertz CT molecular complexity index is 546. The number of pyridine rings is 1. The molecular weight excluding hydrogens is 256 g/mol. The van der Waals surface area contributed by atoms with Gasteiger partial charge in [0, 0.05) is 5.69 Å². The second-order valence-corrected chi connectivity index (χ2v) is 5.15. The Morgan fingerprint density at radius 3 is 2.45 bits per heavy atom. The van der Waals surface area contributed by atoms with Crippen LogP contribution in [0.4, 0.5) is 5.82 Å². The van der Waals surface area contributed by atoms with Crippen LogP contribution in [0, 0.1) is 25.7 Å². The first kappa shape index (κ1) is 14.2. The number of allylic oxidation sites excluding steroid dienone is 2. The van der Waals surface area contributed by atoms with Crippen molar-refractivity contribution < 1.29 is 14.7 Å². The molecule has 2 atom stereocenters. The normalized spacial score (nSPS) is 21.5. The minimum absolute atomic E-state index is 0.278. The molecule has 0 aromatic carbocycles. The van der Waals surface area contributed by atoms with Gasteiger partial charge in [0.1, 0.15) is 5.82 Å². The highest BCUT2D eigenvalue weighted by molar-refractivity contribution is 5.94. The summed E-state index contributed by atoms with van der Waals surface area (Å²) in [4.78, 5) is 27.7. The van der Waals surface area contributed by atoms with E-state index in [1.165, 1.54) is 0 Å². The number of nitrogens with zero attached hydrogens (tertiary/aromatic N) is 1. The summed E-state index contributed by atoms with van der Waals surface area (Å²) in [6, 6.07) is 3.69. The van der Waals surface area contributed by atoms with Gasteiger partial charge in [0.15, 0.2) is 0 Å². The summed E-state index contributed by atoms with van der Waals surface area (Å²) < 4.78 is 0. The Labute approximate surface area is 117 Å². The van der Waals surface area contributed by atoms with Gasteiger partial charge < -0.3 is 10.4 Å². The lowest BCUT2D eigenvalue weighted by Crippen LogP contribution is -2.35. The van der Waals surface area contributed by atoms with E-state index in [-0.39, 0.29) is 5.91 Å². The molecule has 1 aromatic rings. The summed E-state index contributed by atoms with van der Waals surface area (Å²) in [6.45, 7) is 3.78. The van der Waals surface area contributed by atoms with Crippen LogP contribution in [-0.2, 0) is 9.59 Å². The van der Waals surface area contributed by atoms with Crippen LogP contribution in [0.1, 0.15) is 24.1 Å². The Morgan fingerprint density at radius 1 is 1.20 bits per heavy atom. The molecule has 1 aliphatic carbocycles. The molecule has 1 aromatic heterocycles. The minimum atomic E-state index is -0.928. The van der Waals surface area contributed by atoms with E-state index in [2.05, 4.69) is 10.3 Å². The number of hydrogen-bond acceptors (Lipinski definition) is 3. The molecular formula is C15H18N2O3. The molecule has 0 bridgehead atoms. The number of aryl methyl sites for hydroxylation is 2. The van der Waals surface area contributed by atoms with E-state index in [0.717, 1.165) is 11.3 Å². The van der Waals surface area contributed by atoms with Gasteiger partial charge in [-0.2, -0.15) is 0 Å². The number of carboxylic acids is 1. The number of aromatic nitrogens is 1. The van der Waals surface area contributed by atoms with Crippen molar-refractivity contribution in [3.63, 3.8) is 0 Å². The minimum Gasteiger partial charge on any atom is -0.481 e. The van der Waals surface area contributed by atoms with E-state index < -0.39 is 17.8 Å². The number of amides is 1. The van der Waals surface area contributed by atoms with Crippen LogP contribution in [0.2, 0.25) is 0 Å². The predicted molar refractivity (Wildman–Crippen MR) is 75.3 cm³/mol. The lowest BCUT2D eigenvalue weighted by molar-refractivity contribution is -0.146. The zero-order valence-corrected chi connectivity index (χ0v) is 11.6. The van der Waals surface area contributed by atoms with E-state index in [1.807, 2.05) is 32.1 Å². The second kappa shape index (κ2) is 5.86. The number of rotatable bonds is 3. The van der Waals surface area contributed by atoms with Crippen molar-refractivity contribution >= 4 is 17.7 Å². The average molecular weight is 274 g/mol. The third-order valence-corrected chi connectivity index (χ3v) is 3.44. The highest BCUT2D eigenvalue weighted by Gasteiger charge is 2.34. The zero-order valence-electron chi connectivity index (χ0n) is 11.6. The lowest BCUT2D eigenvalue weighted by atomic mass is 9.82. The Balaban J connectivity index is 2.14. The molecule has 0 fully saturated rings. The van der Waals surface area contributed by atoms with Crippen molar-refractivity contribution in [3.05, 3.63) is 35.5 Å². The van der Waals surface area contributed by atoms with Gasteiger partial charge in [-0.3, -0.25) is 9.59 Å². The van der Waals surface area contributed by atoms with E-state index in [9.17, 15) is 14.7 Å². The van der Waals surface area contributed by atoms with Crippen molar-refractivity contribution in [1.29, 1.82) is 0 Å². The van der Waals surface area contributed by atoms with Gasteiger partial charge in [0.2, 0.25) is 5.91 Å². The molecule has 2 N–H and O–H groups in total. The third-order valence-electron chi connectivity index (χ3n) is 3.44. The molecule has 20 heavy (non-hydrogen) atoms. The van der Waals surface area contributed by atoms with Crippen LogP contribution in [0.3, 0.4) is 0 Å². The first-order valence-corrected chi connectivity index (χ1v) is 6.61. The number of aliphatic carboxylic acids is 1. The number of nitrogens with one attached hydrogen (secondary N) is 1. The molecule has 2 rings (SSSR count). The fourth-order valence-corrected chi connectivity index (χ4v) is 2.50. The number of anilines is 1. The quantitative estimate of drug-likeness (QED) is 0.829. The molecule has 106 valence electrons. The molecule has 1 aliphatic rings. The van der Waals surface area contributed by atoms with Gasteiger partial charge in [-0.15, -0.1) is 0 Å². The van der Waals surface area contributed by atoms with Gasteiger partial charge in [0.05, 0.1) is 11.8 Å². The highest BCUT2D eigenvalue weighted by Crippen LogP contribution is 2.27. The molecule has 0 radical (unpaired) electrons. The van der Waals surface area contributed by atoms with Gasteiger partial charge in [-0.05, 0) is 44.4 Å². The van der Waals surface area contributed by atoms with Gasteiger partial charge >= 0.3 is 5.97 Å². The fourth-order valence-electron chi connectivity index (χ4n) is 2.50. The fraction of sp³-hybridized carbons (Fsp3) is 0.400. The molecule has 5 nitrogen and oxygen atoms in total. The molecule has 1 heterocycles. The van der Waals surface area contributed by atoms with E-state index >= 15 is 0 Å². The first-order valence-electron chi connectivity index (χ1n) is 6.61. The van der Waals surface area contributed by atoms with E-state index in [4.69, 9.17) is 0 Å². The smallest absolute Gasteiger partial charge is 0.307 e. The van der Waals surface area contributed by atoms with Crippen LogP contribution in [0.25, 0.3) is 0 Å². The number of carbonyl (C=O) groups is 2. The van der Waals surface area contributed by atoms with E-state index in [1.54, 1.807) is 6.07 Å². The van der Waals surface area contributed by atoms with Gasteiger partial charge in [-0.1, -0.05) is 12.2 Å². The SMILES string of the molecule is Cc1cc(C)nc(NC(=O)[C@@H]2CC=CC[C@H]2C(=O)O)c1. The maximum Gasteiger partial charge on any atom is 0.307 e. The van der Waals surface area contributed by atoms with Crippen LogP contribution in [0.15, 0.2) is 24.3 Å². The summed E-state index contributed by atoms with van der Waals surface area (Å²) in [6.07, 6.45) is 4.53. The molecule has 0 spiro atoms. The molecule has 0 saturated carbocycles. The van der Waals surface area contributed by atoms with Crippen molar-refractivity contribution in [1.82, 2.24) is 4.98 Å². The van der Waals surface area contributed by atoms with Crippen molar-refractivity contribution in [2.45, 2.75) is 26.7 Å². The van der Waals surface area contributed by atoms with Gasteiger partial charge in [0.25, 0.3) is 0 Å². The highest BCUT2D eigenvalue weighted by atomic mass is 16.4. The zero-order chi connectivity index (χ0) is 14.7. The number of hydrogen-bond donors (Lipinski definition) is 2. The summed E-state index contributed by atoms with van der Waals surface area (Å²) in [5.74, 6) is -1.93. The molecule has 0 unspecified atom stereocenters. The third kappa shape index (κ3) is 3.23. The van der Waals surface area contributed by atoms with Crippen molar-refractivity contribution in [3.8, 4) is 0 Å². The standard InChI is InChI=1S/C15H18N2O3/c1-9-7-10(2)16-13(8-9)17-14(18)11-5-3-4-6-12(11)15(19)20/h3-4,7-8,11-12H,5-6H2,1-2H3,(H,19,20)(H,16,17,18)/t11-,12-/m1/s1. The maximum atomic E-state index is 12.3. The van der Waals surface area contributed by atoms with Crippen LogP contribution in [0.5, 0.6) is 0 Å². The molecule has 1 amide bonds. The summed E-state index contributed by atoms with van der Waals surface area (Å²) in [7, 11) is 0. The molecule has 0 saturated heterocycles. The first-order chi connectivity index (χ1) is 9.47. The lowest BCUT2D eigenvalue weighted by Gasteiger charge is -2.24. The molecule has 5 heteroatoms. The molecule has 0 aliphatic heterocycles. The van der Waals surface area contributed by atoms with E-state index in [0.29, 0.717) is 18.7 Å². The maximum absolute atomic E-state index is 12.3. The average Bonchev–Trinajstić information content (AvgIpc) is 2.37. The summed E-state index contributed by atoms with van der Waals surface area (Å²) >= 11 is 0. The second-order valence-electron chi connectivity index (χ2n) is 5.15. The van der Waals surface area contributed by atoms with Crippen LogP contribution >= 0.6 is 0 Å². The van der Waals surface area contributed by atoms with Crippen LogP contribution in [-0.4, -0.2) is 22.0 Å². The predicted octanol–water partition coefficient (Wildman–Crippen LogP) is 2.30. The monoisotopic (exact) mass is 274 g/mol. The number of carbonyl (C=O) groups excluding carboxylic acids is 1. The summed E-state index contributed by atoms with van der Waals surface area (Å²) in [5, 5.41) is 11.9. The van der Waals surface area contributed by atoms with Crippen LogP contribution < -0.4 is 5.32 Å². The Morgan fingerprint density at radius 2 is 1.85 bits per heavy atom.